The van der Waals surface area contributed by atoms with Crippen molar-refractivity contribution in [3.8, 4) is 11.5 Å². The van der Waals surface area contributed by atoms with E-state index in [4.69, 9.17) is 14.2 Å². The summed E-state index contributed by atoms with van der Waals surface area (Å²) in [6, 6.07) is 16.2. The number of rotatable bonds is 8. The first-order valence-corrected chi connectivity index (χ1v) is 10.0. The van der Waals surface area contributed by atoms with Gasteiger partial charge in [-0.15, -0.1) is 0 Å². The van der Waals surface area contributed by atoms with Crippen molar-refractivity contribution in [1.29, 1.82) is 0 Å². The van der Waals surface area contributed by atoms with E-state index in [1.807, 2.05) is 43.4 Å². The van der Waals surface area contributed by atoms with Crippen LogP contribution in [0.25, 0.3) is 0 Å². The molecule has 1 unspecified atom stereocenters. The lowest BCUT2D eigenvalue weighted by Gasteiger charge is -2.22. The number of methoxy groups -OCH3 is 2. The summed E-state index contributed by atoms with van der Waals surface area (Å²) in [4.78, 5) is 6.76. The van der Waals surface area contributed by atoms with E-state index in [-0.39, 0.29) is 0 Å². The van der Waals surface area contributed by atoms with Crippen LogP contribution in [-0.2, 0) is 17.9 Å². The Morgan fingerprint density at radius 3 is 2.66 bits per heavy atom. The van der Waals surface area contributed by atoms with Crippen LogP contribution in [0.15, 0.2) is 53.5 Å². The minimum absolute atomic E-state index is 0.517. The van der Waals surface area contributed by atoms with E-state index in [0.29, 0.717) is 19.1 Å². The minimum Gasteiger partial charge on any atom is -0.493 e. The van der Waals surface area contributed by atoms with Gasteiger partial charge in [0.25, 0.3) is 0 Å². The fraction of sp³-hybridized carbons (Fsp3) is 0.435. The average molecular weight is 398 g/mol. The smallest absolute Gasteiger partial charge is 0.193 e. The van der Waals surface area contributed by atoms with Crippen LogP contribution in [0.1, 0.15) is 17.5 Å². The number of ether oxygens (including phenoxy) is 3. The van der Waals surface area contributed by atoms with Crippen LogP contribution in [0.3, 0.4) is 0 Å². The normalized spacial score (nSPS) is 16.7. The highest BCUT2D eigenvalue weighted by atomic mass is 16.5. The third-order valence-electron chi connectivity index (χ3n) is 5.18. The molecule has 0 radical (unpaired) electrons. The first-order valence-electron chi connectivity index (χ1n) is 10.0. The molecule has 1 saturated heterocycles. The summed E-state index contributed by atoms with van der Waals surface area (Å²) in [5, 5.41) is 3.46. The first kappa shape index (κ1) is 21.0. The lowest BCUT2D eigenvalue weighted by atomic mass is 10.1. The zero-order valence-electron chi connectivity index (χ0n) is 17.6. The zero-order valence-corrected chi connectivity index (χ0v) is 17.6. The van der Waals surface area contributed by atoms with Gasteiger partial charge in [0.2, 0.25) is 0 Å². The van der Waals surface area contributed by atoms with Crippen molar-refractivity contribution in [3.63, 3.8) is 0 Å². The molecule has 0 aliphatic carbocycles. The van der Waals surface area contributed by atoms with Crippen molar-refractivity contribution in [3.05, 3.63) is 59.7 Å². The zero-order chi connectivity index (χ0) is 20.5. The molecule has 0 saturated carbocycles. The van der Waals surface area contributed by atoms with Gasteiger partial charge in [0.1, 0.15) is 0 Å². The van der Waals surface area contributed by atoms with Gasteiger partial charge in [-0.3, -0.25) is 4.99 Å². The van der Waals surface area contributed by atoms with Crippen LogP contribution in [-0.4, -0.2) is 51.8 Å². The van der Waals surface area contributed by atoms with Crippen molar-refractivity contribution in [2.24, 2.45) is 10.9 Å². The minimum atomic E-state index is 0.517. The van der Waals surface area contributed by atoms with Crippen molar-refractivity contribution >= 4 is 5.96 Å². The van der Waals surface area contributed by atoms with Gasteiger partial charge in [-0.1, -0.05) is 42.5 Å². The third-order valence-corrected chi connectivity index (χ3v) is 5.18. The van der Waals surface area contributed by atoms with E-state index in [1.54, 1.807) is 14.2 Å². The van der Waals surface area contributed by atoms with Gasteiger partial charge < -0.3 is 24.4 Å². The second kappa shape index (κ2) is 10.7. The molecule has 1 aliphatic rings. The lowest BCUT2D eigenvalue weighted by Crippen LogP contribution is -2.39. The van der Waals surface area contributed by atoms with Crippen LogP contribution >= 0.6 is 0 Å². The van der Waals surface area contributed by atoms with Crippen LogP contribution in [0.2, 0.25) is 0 Å². The maximum atomic E-state index is 5.93. The molecule has 2 aromatic rings. The van der Waals surface area contributed by atoms with E-state index in [9.17, 15) is 0 Å². The summed E-state index contributed by atoms with van der Waals surface area (Å²) in [6.45, 7) is 3.99. The number of nitrogens with zero attached hydrogens (tertiary/aromatic N) is 2. The Labute approximate surface area is 173 Å². The largest absolute Gasteiger partial charge is 0.493 e. The predicted molar refractivity (Wildman–Crippen MR) is 116 cm³/mol. The molecule has 0 amide bonds. The number of hydrogen-bond acceptors (Lipinski definition) is 4. The number of para-hydroxylation sites is 1. The Balaban J connectivity index is 1.49. The summed E-state index contributed by atoms with van der Waals surface area (Å²) < 4.78 is 16.8. The van der Waals surface area contributed by atoms with E-state index >= 15 is 0 Å². The number of aliphatic imine (C=N–C) groups is 1. The summed E-state index contributed by atoms with van der Waals surface area (Å²) in [7, 11) is 5.14. The SMILES string of the molecule is CN=C(NCc1cccc(OC)c1OC)N1CCC(COCc2ccccc2)C1. The molecule has 0 spiro atoms. The number of hydrogen-bond donors (Lipinski definition) is 1. The highest BCUT2D eigenvalue weighted by Gasteiger charge is 2.25. The van der Waals surface area contributed by atoms with Crippen LogP contribution in [0, 0.1) is 5.92 Å². The average Bonchev–Trinajstić information content (AvgIpc) is 3.23. The van der Waals surface area contributed by atoms with E-state index in [2.05, 4.69) is 27.3 Å². The molecule has 0 aromatic heterocycles. The molecule has 6 nitrogen and oxygen atoms in total. The summed E-state index contributed by atoms with van der Waals surface area (Å²) >= 11 is 0. The molecule has 0 bridgehead atoms. The maximum absolute atomic E-state index is 5.93. The van der Waals surface area contributed by atoms with Crippen LogP contribution in [0.4, 0.5) is 0 Å². The van der Waals surface area contributed by atoms with Gasteiger partial charge in [0.15, 0.2) is 17.5 Å². The molecule has 1 heterocycles. The first-order chi connectivity index (χ1) is 14.2. The van der Waals surface area contributed by atoms with Gasteiger partial charge in [-0.05, 0) is 18.1 Å². The second-order valence-electron chi connectivity index (χ2n) is 7.15. The maximum Gasteiger partial charge on any atom is 0.193 e. The topological polar surface area (TPSA) is 55.3 Å². The van der Waals surface area contributed by atoms with Crippen molar-refractivity contribution in [2.75, 3.05) is 41.0 Å². The van der Waals surface area contributed by atoms with E-state index in [0.717, 1.165) is 49.1 Å². The Kier molecular flexibility index (Phi) is 7.76. The highest BCUT2D eigenvalue weighted by Crippen LogP contribution is 2.30. The lowest BCUT2D eigenvalue weighted by molar-refractivity contribution is 0.0906. The quantitative estimate of drug-likeness (QED) is 0.547. The predicted octanol–water partition coefficient (Wildman–Crippen LogP) is 3.32. The van der Waals surface area contributed by atoms with Gasteiger partial charge in [-0.2, -0.15) is 0 Å². The van der Waals surface area contributed by atoms with Gasteiger partial charge in [0.05, 0.1) is 27.4 Å². The van der Waals surface area contributed by atoms with Crippen molar-refractivity contribution in [2.45, 2.75) is 19.6 Å². The number of benzene rings is 2. The third kappa shape index (κ3) is 5.64. The van der Waals surface area contributed by atoms with Gasteiger partial charge in [0, 0.05) is 38.2 Å². The Bertz CT molecular complexity index is 795. The fourth-order valence-electron chi connectivity index (χ4n) is 3.68. The molecule has 3 rings (SSSR count). The van der Waals surface area contributed by atoms with E-state index in [1.165, 1.54) is 5.56 Å². The van der Waals surface area contributed by atoms with Crippen LogP contribution in [0.5, 0.6) is 11.5 Å². The Hall–Kier alpha value is -2.73. The van der Waals surface area contributed by atoms with Crippen molar-refractivity contribution in [1.82, 2.24) is 10.2 Å². The number of nitrogens with one attached hydrogen (secondary N) is 1. The molecule has 1 N–H and O–H groups in total. The van der Waals surface area contributed by atoms with Crippen LogP contribution < -0.4 is 14.8 Å². The monoisotopic (exact) mass is 397 g/mol. The fourth-order valence-corrected chi connectivity index (χ4v) is 3.68. The molecular formula is C23H31N3O3. The Morgan fingerprint density at radius 2 is 1.93 bits per heavy atom. The molecule has 6 heteroatoms. The van der Waals surface area contributed by atoms with Crippen molar-refractivity contribution < 1.29 is 14.2 Å². The standard InChI is InChI=1S/C23H31N3O3/c1-24-23(25-14-20-10-7-11-21(27-2)22(20)28-3)26-13-12-19(15-26)17-29-16-18-8-5-4-6-9-18/h4-11,19H,12-17H2,1-3H3,(H,24,25). The highest BCUT2D eigenvalue weighted by molar-refractivity contribution is 5.80. The molecule has 29 heavy (non-hydrogen) atoms. The molecule has 1 fully saturated rings. The second-order valence-corrected chi connectivity index (χ2v) is 7.15. The summed E-state index contributed by atoms with van der Waals surface area (Å²) in [5.74, 6) is 2.91. The molecule has 156 valence electrons. The Morgan fingerprint density at radius 1 is 1.10 bits per heavy atom. The van der Waals surface area contributed by atoms with Gasteiger partial charge >= 0.3 is 0 Å². The molecule has 2 aromatic carbocycles. The number of likely N-dealkylation sites (tertiary alicyclic amines) is 1. The van der Waals surface area contributed by atoms with Gasteiger partial charge in [-0.25, -0.2) is 0 Å². The summed E-state index contributed by atoms with van der Waals surface area (Å²) in [6.07, 6.45) is 1.11. The molecular weight excluding hydrogens is 366 g/mol. The molecule has 1 atom stereocenters. The number of guanidine groups is 1. The summed E-state index contributed by atoms with van der Waals surface area (Å²) in [5.41, 5.74) is 2.25. The van der Waals surface area contributed by atoms with E-state index < -0.39 is 0 Å². The molecule has 1 aliphatic heterocycles.